The fourth-order valence-corrected chi connectivity index (χ4v) is 8.49. The third-order valence-corrected chi connectivity index (χ3v) is 10.9. The zero-order valence-electron chi connectivity index (χ0n) is 22.8. The average molecular weight is 623 g/mol. The van der Waals surface area contributed by atoms with Crippen LogP contribution in [0.1, 0.15) is 32.3 Å². The number of nitrogens with one attached hydrogen (secondary N) is 1. The van der Waals surface area contributed by atoms with Crippen molar-refractivity contribution < 1.29 is 36.0 Å². The minimum Gasteiger partial charge on any atom is -0.354 e. The van der Waals surface area contributed by atoms with Crippen LogP contribution in [0.5, 0.6) is 0 Å². The molecule has 1 unspecified atom stereocenters. The number of hydrogen-bond donors (Lipinski definition) is 1. The van der Waals surface area contributed by atoms with E-state index in [0.29, 0.717) is 12.8 Å². The lowest BCUT2D eigenvalue weighted by Gasteiger charge is -2.40. The Bertz CT molecular complexity index is 1590. The van der Waals surface area contributed by atoms with E-state index in [9.17, 15) is 36.0 Å². The maximum absolute atomic E-state index is 13.5. The maximum atomic E-state index is 13.5. The van der Waals surface area contributed by atoms with Gasteiger partial charge in [0.1, 0.15) is 10.3 Å². The van der Waals surface area contributed by atoms with Crippen LogP contribution in [-0.2, 0) is 25.8 Å². The molecule has 2 aliphatic heterocycles. The number of amides is 4. The van der Waals surface area contributed by atoms with E-state index in [2.05, 4.69) is 5.32 Å². The second-order valence-corrected chi connectivity index (χ2v) is 13.8. The van der Waals surface area contributed by atoms with Crippen LogP contribution in [0.25, 0.3) is 10.1 Å². The first kappa shape index (κ1) is 30.0. The normalized spacial score (nSPS) is 20.6. The number of nitrogens with zero attached hydrogens (tertiary/aromatic N) is 3. The predicted molar refractivity (Wildman–Crippen MR) is 151 cm³/mol. The summed E-state index contributed by atoms with van der Waals surface area (Å²) in [5, 5.41) is 3.50. The number of thiophene rings is 1. The maximum Gasteiger partial charge on any atom is 0.416 e. The van der Waals surface area contributed by atoms with Crippen LogP contribution in [-0.4, -0.2) is 67.2 Å². The highest BCUT2D eigenvalue weighted by atomic mass is 32.2. The van der Waals surface area contributed by atoms with Crippen molar-refractivity contribution in [1.29, 1.82) is 0 Å². The number of alkyl halides is 3. The molecule has 5 rings (SSSR count). The number of hydrogen-bond acceptors (Lipinski definition) is 6. The summed E-state index contributed by atoms with van der Waals surface area (Å²) in [6.45, 7) is 3.10. The number of sulfonamides is 1. The molecule has 2 aliphatic rings. The van der Waals surface area contributed by atoms with Crippen LogP contribution in [0.15, 0.2) is 58.8 Å². The summed E-state index contributed by atoms with van der Waals surface area (Å²) in [6, 6.07) is 10.8. The smallest absolute Gasteiger partial charge is 0.354 e. The van der Waals surface area contributed by atoms with Gasteiger partial charge in [0.05, 0.1) is 11.5 Å². The highest BCUT2D eigenvalue weighted by Crippen LogP contribution is 2.35. The summed E-state index contributed by atoms with van der Waals surface area (Å²) in [5.41, 5.74) is -0.693. The standard InChI is InChI=1S/C28H29F3N4O5S2/c1-17(2)35-26(37)19(16-33(27(35)38)21-11-9-20(10-12-21)28(29,30)31)15-32-25(36)22-7-5-13-34(22)42(39,40)24-14-18-6-3-4-8-23(18)41-24/h3-4,6,8-12,14,17,19,22H,5,7,13,15-16H2,1-2H3,(H,32,36)/t19?,22-/m0/s1. The first-order valence-electron chi connectivity index (χ1n) is 13.4. The molecular formula is C28H29F3N4O5S2. The lowest BCUT2D eigenvalue weighted by atomic mass is 10.0. The number of anilines is 1. The molecule has 1 N–H and O–H groups in total. The number of rotatable bonds is 7. The fourth-order valence-electron chi connectivity index (χ4n) is 5.30. The van der Waals surface area contributed by atoms with Gasteiger partial charge in [0.2, 0.25) is 11.8 Å². The Balaban J connectivity index is 1.32. The molecule has 2 atom stereocenters. The molecule has 2 saturated heterocycles. The molecule has 4 amide bonds. The van der Waals surface area contributed by atoms with Gasteiger partial charge >= 0.3 is 12.2 Å². The Hall–Kier alpha value is -3.49. The van der Waals surface area contributed by atoms with Crippen molar-refractivity contribution in [3.05, 3.63) is 60.2 Å². The second kappa shape index (κ2) is 11.3. The highest BCUT2D eigenvalue weighted by molar-refractivity contribution is 7.91. The molecule has 14 heteroatoms. The zero-order valence-corrected chi connectivity index (χ0v) is 24.4. The van der Waals surface area contributed by atoms with Crippen LogP contribution >= 0.6 is 11.3 Å². The van der Waals surface area contributed by atoms with Crippen LogP contribution in [0.4, 0.5) is 23.7 Å². The van der Waals surface area contributed by atoms with Crippen LogP contribution in [0.2, 0.25) is 0 Å². The van der Waals surface area contributed by atoms with E-state index in [0.717, 1.165) is 38.5 Å². The molecule has 0 bridgehead atoms. The topological polar surface area (TPSA) is 107 Å². The molecule has 0 radical (unpaired) electrons. The lowest BCUT2D eigenvalue weighted by Crippen LogP contribution is -2.61. The number of halogens is 3. The number of carbonyl (C=O) groups excluding carboxylic acids is 3. The minimum absolute atomic E-state index is 0.143. The second-order valence-electron chi connectivity index (χ2n) is 10.6. The summed E-state index contributed by atoms with van der Waals surface area (Å²) >= 11 is 1.13. The van der Waals surface area contributed by atoms with Gasteiger partial charge in [-0.15, -0.1) is 11.3 Å². The molecule has 2 fully saturated rings. The highest BCUT2D eigenvalue weighted by Gasteiger charge is 2.43. The minimum atomic E-state index is -4.55. The molecular weight excluding hydrogens is 593 g/mol. The molecule has 0 saturated carbocycles. The van der Waals surface area contributed by atoms with Crippen molar-refractivity contribution >= 4 is 55.0 Å². The number of benzene rings is 2. The molecule has 0 spiro atoms. The molecule has 42 heavy (non-hydrogen) atoms. The van der Waals surface area contributed by atoms with E-state index < -0.39 is 57.6 Å². The quantitative estimate of drug-likeness (QED) is 0.412. The summed E-state index contributed by atoms with van der Waals surface area (Å²) < 4.78 is 68.3. The third kappa shape index (κ3) is 5.62. The average Bonchev–Trinajstić information content (AvgIpc) is 3.61. The molecule has 3 aromatic rings. The van der Waals surface area contributed by atoms with E-state index >= 15 is 0 Å². The summed E-state index contributed by atoms with van der Waals surface area (Å²) in [4.78, 5) is 41.9. The summed E-state index contributed by atoms with van der Waals surface area (Å²) in [5.74, 6) is -1.98. The molecule has 1 aromatic heterocycles. The van der Waals surface area contributed by atoms with Crippen molar-refractivity contribution in [3.63, 3.8) is 0 Å². The van der Waals surface area contributed by atoms with E-state index in [1.807, 2.05) is 24.3 Å². The van der Waals surface area contributed by atoms with Crippen molar-refractivity contribution in [2.75, 3.05) is 24.5 Å². The van der Waals surface area contributed by atoms with Crippen molar-refractivity contribution in [2.24, 2.45) is 5.92 Å². The molecule has 224 valence electrons. The Morgan fingerprint density at radius 3 is 2.43 bits per heavy atom. The molecule has 2 aromatic carbocycles. The van der Waals surface area contributed by atoms with Gasteiger partial charge in [0.25, 0.3) is 10.0 Å². The summed E-state index contributed by atoms with van der Waals surface area (Å²) in [7, 11) is -3.95. The summed E-state index contributed by atoms with van der Waals surface area (Å²) in [6.07, 6.45) is -3.75. The van der Waals surface area contributed by atoms with Gasteiger partial charge < -0.3 is 5.32 Å². The Labute approximate surface area is 244 Å². The van der Waals surface area contributed by atoms with E-state index in [4.69, 9.17) is 0 Å². The predicted octanol–water partition coefficient (Wildman–Crippen LogP) is 4.68. The van der Waals surface area contributed by atoms with Gasteiger partial charge in [-0.05, 0) is 68.5 Å². The van der Waals surface area contributed by atoms with Gasteiger partial charge in [-0.3, -0.25) is 19.4 Å². The zero-order chi connectivity index (χ0) is 30.4. The third-order valence-electron chi connectivity index (χ3n) is 7.44. The van der Waals surface area contributed by atoms with Gasteiger partial charge in [-0.2, -0.15) is 17.5 Å². The Morgan fingerprint density at radius 1 is 1.10 bits per heavy atom. The first-order valence-corrected chi connectivity index (χ1v) is 15.6. The van der Waals surface area contributed by atoms with Crippen molar-refractivity contribution in [2.45, 2.75) is 49.2 Å². The van der Waals surface area contributed by atoms with Gasteiger partial charge in [-0.1, -0.05) is 18.2 Å². The van der Waals surface area contributed by atoms with Crippen LogP contribution in [0, 0.1) is 5.92 Å². The van der Waals surface area contributed by atoms with E-state index in [-0.39, 0.29) is 29.5 Å². The van der Waals surface area contributed by atoms with Gasteiger partial charge in [0, 0.05) is 36.1 Å². The number of carbonyl (C=O) groups is 3. The Morgan fingerprint density at radius 2 is 1.79 bits per heavy atom. The molecule has 3 heterocycles. The van der Waals surface area contributed by atoms with E-state index in [1.54, 1.807) is 19.9 Å². The van der Waals surface area contributed by atoms with Gasteiger partial charge in [0.15, 0.2) is 0 Å². The van der Waals surface area contributed by atoms with E-state index in [1.165, 1.54) is 21.3 Å². The lowest BCUT2D eigenvalue weighted by molar-refractivity contribution is -0.137. The number of urea groups is 1. The van der Waals surface area contributed by atoms with Crippen molar-refractivity contribution in [3.8, 4) is 0 Å². The number of fused-ring (bicyclic) bond motifs is 1. The number of imide groups is 1. The SMILES string of the molecule is CC(C)N1C(=O)C(CNC(=O)[C@@H]2CCCN2S(=O)(=O)c2cc3ccccc3s2)CN(c2ccc(C(F)(F)F)cc2)C1=O. The van der Waals surface area contributed by atoms with Gasteiger partial charge in [-0.25, -0.2) is 13.2 Å². The van der Waals surface area contributed by atoms with Crippen molar-refractivity contribution in [1.82, 2.24) is 14.5 Å². The monoisotopic (exact) mass is 622 g/mol. The fraction of sp³-hybridized carbons (Fsp3) is 0.393. The molecule has 9 nitrogen and oxygen atoms in total. The Kier molecular flexibility index (Phi) is 8.07. The first-order chi connectivity index (χ1) is 19.8. The molecule has 0 aliphatic carbocycles. The van der Waals surface area contributed by atoms with Crippen LogP contribution < -0.4 is 10.2 Å². The largest absolute Gasteiger partial charge is 0.416 e. The van der Waals surface area contributed by atoms with Crippen LogP contribution in [0.3, 0.4) is 0 Å².